The molecule has 2 aliphatic heterocycles. The van der Waals surface area contributed by atoms with Crippen LogP contribution in [0.15, 0.2) is 59.3 Å². The van der Waals surface area contributed by atoms with E-state index >= 15 is 4.39 Å². The third-order valence-corrected chi connectivity index (χ3v) is 9.09. The first kappa shape index (κ1) is 35.5. The number of hydrogen-bond acceptors (Lipinski definition) is 8. The van der Waals surface area contributed by atoms with E-state index in [2.05, 4.69) is 10.00 Å². The first-order valence-electron chi connectivity index (χ1n) is 17.2. The van der Waals surface area contributed by atoms with Crippen LogP contribution in [0.4, 0.5) is 14.9 Å². The maximum atomic E-state index is 16.5. The van der Waals surface area contributed by atoms with Crippen molar-refractivity contribution in [3.63, 3.8) is 0 Å². The number of furan rings is 1. The van der Waals surface area contributed by atoms with E-state index < -0.39 is 17.3 Å². The number of rotatable bonds is 8. The number of fused-ring (bicyclic) bond motifs is 1. The minimum atomic E-state index is -0.567. The van der Waals surface area contributed by atoms with Crippen molar-refractivity contribution in [1.29, 1.82) is 0 Å². The molecule has 4 heterocycles. The van der Waals surface area contributed by atoms with E-state index in [4.69, 9.17) is 13.9 Å². The van der Waals surface area contributed by atoms with Gasteiger partial charge in [0, 0.05) is 113 Å². The largest absolute Gasteiger partial charge is 0.496 e. The fourth-order valence-corrected chi connectivity index (χ4v) is 6.46. The molecule has 0 aliphatic carbocycles. The molecule has 270 valence electrons. The molecular weight excluding hydrogens is 655 g/mol. The molecule has 2 aromatic heterocycles. The summed E-state index contributed by atoms with van der Waals surface area (Å²) in [6, 6.07) is 10.8. The Morgan fingerprint density at radius 1 is 0.980 bits per heavy atom. The minimum Gasteiger partial charge on any atom is -0.496 e. The monoisotopic (exact) mass is 700 g/mol. The van der Waals surface area contributed by atoms with Crippen LogP contribution in [-0.4, -0.2) is 108 Å². The number of aromatic nitrogens is 2. The van der Waals surface area contributed by atoms with Gasteiger partial charge in [-0.15, -0.1) is 0 Å². The fraction of sp³-hybridized carbons (Fsp3) is 0.421. The van der Waals surface area contributed by atoms with Gasteiger partial charge in [0.25, 0.3) is 5.91 Å². The first-order valence-corrected chi connectivity index (χ1v) is 17.2. The van der Waals surface area contributed by atoms with Crippen LogP contribution in [0.5, 0.6) is 5.75 Å². The number of ether oxygens (including phenoxy) is 2. The Labute approximate surface area is 297 Å². The standard InChI is InChI=1S/C38H45FN6O6/c1-38(2,3)51-37(48)43-19-17-42(18-20-43)26-10-11-27(31(21-26)49-6)29-22-28(34(39)30-23-32(50-35(29)30)36(47)41(4)5)25-9-7-14-44(24-25)33(46)12-16-45-15-8-13-40-45/h8-11,13,15,21-23H,7,12,14,16-20,24H2,1-6H3. The summed E-state index contributed by atoms with van der Waals surface area (Å²) in [5.74, 6) is -0.406. The topological polar surface area (TPSA) is 114 Å². The first-order chi connectivity index (χ1) is 24.3. The van der Waals surface area contributed by atoms with Crippen molar-refractivity contribution in [2.24, 2.45) is 0 Å². The Balaban J connectivity index is 1.32. The van der Waals surface area contributed by atoms with Gasteiger partial charge in [0.2, 0.25) is 5.91 Å². The van der Waals surface area contributed by atoms with E-state index in [9.17, 15) is 14.4 Å². The number of amides is 3. The second-order valence-corrected chi connectivity index (χ2v) is 14.0. The van der Waals surface area contributed by atoms with Gasteiger partial charge in [-0.25, -0.2) is 9.18 Å². The summed E-state index contributed by atoms with van der Waals surface area (Å²) in [6.45, 7) is 9.01. The summed E-state index contributed by atoms with van der Waals surface area (Å²) < 4.78 is 35.8. The number of carbonyl (C=O) groups excluding carboxylic acids is 3. The van der Waals surface area contributed by atoms with Crippen LogP contribution in [0, 0.1) is 5.82 Å². The van der Waals surface area contributed by atoms with Crippen molar-refractivity contribution >= 4 is 40.1 Å². The third-order valence-electron chi connectivity index (χ3n) is 9.09. The summed E-state index contributed by atoms with van der Waals surface area (Å²) in [5.41, 5.74) is 2.78. The Morgan fingerprint density at radius 2 is 1.75 bits per heavy atom. The lowest BCUT2D eigenvalue weighted by molar-refractivity contribution is -0.131. The van der Waals surface area contributed by atoms with E-state index in [-0.39, 0.29) is 41.7 Å². The average Bonchev–Trinajstić information content (AvgIpc) is 3.81. The molecule has 2 aliphatic rings. The zero-order valence-electron chi connectivity index (χ0n) is 30.1. The third kappa shape index (κ3) is 7.72. The van der Waals surface area contributed by atoms with Gasteiger partial charge in [0.05, 0.1) is 12.5 Å². The number of carbonyl (C=O) groups is 3. The van der Waals surface area contributed by atoms with Crippen LogP contribution in [-0.2, 0) is 16.1 Å². The van der Waals surface area contributed by atoms with Crippen LogP contribution in [0.1, 0.15) is 49.7 Å². The van der Waals surface area contributed by atoms with Gasteiger partial charge >= 0.3 is 6.09 Å². The maximum Gasteiger partial charge on any atom is 0.410 e. The van der Waals surface area contributed by atoms with Crippen molar-refractivity contribution < 1.29 is 32.7 Å². The van der Waals surface area contributed by atoms with Gasteiger partial charge in [-0.1, -0.05) is 6.08 Å². The van der Waals surface area contributed by atoms with Crippen LogP contribution in [0.25, 0.3) is 27.7 Å². The molecule has 0 unspecified atom stereocenters. The Bertz CT molecular complexity index is 1950. The molecule has 0 saturated carbocycles. The fourth-order valence-electron chi connectivity index (χ4n) is 6.46. The van der Waals surface area contributed by atoms with E-state index in [1.54, 1.807) is 47.9 Å². The van der Waals surface area contributed by atoms with Gasteiger partial charge in [-0.05, 0) is 57.0 Å². The Hall–Kier alpha value is -5.33. The minimum absolute atomic E-state index is 0.0128. The molecule has 13 heteroatoms. The van der Waals surface area contributed by atoms with E-state index in [1.807, 2.05) is 57.3 Å². The normalized spacial score (nSPS) is 15.2. The van der Waals surface area contributed by atoms with Crippen LogP contribution < -0.4 is 9.64 Å². The van der Waals surface area contributed by atoms with Crippen molar-refractivity contribution in [2.75, 3.05) is 65.4 Å². The lowest BCUT2D eigenvalue weighted by Gasteiger charge is -2.37. The molecule has 12 nitrogen and oxygen atoms in total. The zero-order valence-corrected chi connectivity index (χ0v) is 30.1. The van der Waals surface area contributed by atoms with Crippen molar-refractivity contribution in [1.82, 2.24) is 24.5 Å². The van der Waals surface area contributed by atoms with Gasteiger partial charge < -0.3 is 33.5 Å². The summed E-state index contributed by atoms with van der Waals surface area (Å²) in [4.78, 5) is 45.8. The second-order valence-electron chi connectivity index (χ2n) is 14.0. The number of halogens is 1. The molecule has 2 aromatic carbocycles. The predicted molar refractivity (Wildman–Crippen MR) is 192 cm³/mol. The predicted octanol–water partition coefficient (Wildman–Crippen LogP) is 5.91. The highest BCUT2D eigenvalue weighted by Crippen LogP contribution is 2.42. The molecule has 0 bridgehead atoms. The number of piperazine rings is 1. The molecule has 1 saturated heterocycles. The summed E-state index contributed by atoms with van der Waals surface area (Å²) in [7, 11) is 4.79. The highest BCUT2D eigenvalue weighted by molar-refractivity contribution is 6.03. The molecule has 0 N–H and O–H groups in total. The Morgan fingerprint density at radius 3 is 2.41 bits per heavy atom. The van der Waals surface area contributed by atoms with Crippen LogP contribution >= 0.6 is 0 Å². The van der Waals surface area contributed by atoms with E-state index in [0.29, 0.717) is 73.7 Å². The summed E-state index contributed by atoms with van der Waals surface area (Å²) in [6.07, 6.45) is 5.98. The van der Waals surface area contributed by atoms with E-state index in [0.717, 1.165) is 5.69 Å². The number of benzene rings is 2. The molecule has 0 spiro atoms. The quantitative estimate of drug-likeness (QED) is 0.223. The molecule has 0 atom stereocenters. The lowest BCUT2D eigenvalue weighted by atomic mass is 9.93. The molecule has 1 fully saturated rings. The molecule has 6 rings (SSSR count). The van der Waals surface area contributed by atoms with Gasteiger partial charge in [0.1, 0.15) is 22.8 Å². The SMILES string of the molecule is COc1cc(N2CCN(C(=O)OC(C)(C)C)CC2)ccc1-c1cc(C2=CCCN(C(=O)CCn3cccn3)C2)c(F)c2cc(C(=O)N(C)C)oc12. The summed E-state index contributed by atoms with van der Waals surface area (Å²) in [5, 5.41) is 4.35. The molecular formula is C38H45FN6O6. The van der Waals surface area contributed by atoms with E-state index in [1.165, 1.54) is 11.0 Å². The van der Waals surface area contributed by atoms with Gasteiger partial charge in [-0.3, -0.25) is 14.3 Å². The number of nitrogens with zero attached hydrogens (tertiary/aromatic N) is 6. The summed E-state index contributed by atoms with van der Waals surface area (Å²) >= 11 is 0. The highest BCUT2D eigenvalue weighted by atomic mass is 19.1. The van der Waals surface area contributed by atoms with Crippen molar-refractivity contribution in [3.05, 3.63) is 72.0 Å². The van der Waals surface area contributed by atoms with Crippen molar-refractivity contribution in [3.8, 4) is 16.9 Å². The molecule has 3 amide bonds. The highest BCUT2D eigenvalue weighted by Gasteiger charge is 2.29. The van der Waals surface area contributed by atoms with Crippen LogP contribution in [0.2, 0.25) is 0 Å². The van der Waals surface area contributed by atoms with Gasteiger partial charge in [0.15, 0.2) is 5.76 Å². The number of anilines is 1. The lowest BCUT2D eigenvalue weighted by Crippen LogP contribution is -2.50. The number of methoxy groups -OCH3 is 1. The van der Waals surface area contributed by atoms with Crippen LogP contribution in [0.3, 0.4) is 0 Å². The number of aryl methyl sites for hydroxylation is 1. The molecule has 51 heavy (non-hydrogen) atoms. The molecule has 4 aromatic rings. The number of hydrogen-bond donors (Lipinski definition) is 0. The average molecular weight is 701 g/mol. The maximum absolute atomic E-state index is 16.5. The second kappa shape index (κ2) is 14.5. The van der Waals surface area contributed by atoms with Gasteiger partial charge in [-0.2, -0.15) is 5.10 Å². The Kier molecular flexibility index (Phi) is 10.1. The molecule has 0 radical (unpaired) electrons. The smallest absolute Gasteiger partial charge is 0.410 e. The van der Waals surface area contributed by atoms with Crippen molar-refractivity contribution in [2.45, 2.75) is 45.8 Å². The zero-order chi connectivity index (χ0) is 36.4.